The molecule has 0 fully saturated rings. The lowest BCUT2D eigenvalue weighted by Gasteiger charge is -2.02. The second-order valence-electron chi connectivity index (χ2n) is 4.18. The number of hydrogen-bond donors (Lipinski definition) is 2. The molecule has 0 aromatic carbocycles. The third-order valence-corrected chi connectivity index (χ3v) is 4.10. The largest absolute Gasteiger partial charge is 0.351 e. The van der Waals surface area contributed by atoms with Gasteiger partial charge in [0, 0.05) is 16.2 Å². The summed E-state index contributed by atoms with van der Waals surface area (Å²) in [4.78, 5) is 14.2. The van der Waals surface area contributed by atoms with Crippen LogP contribution in [0.15, 0.2) is 6.07 Å². The fourth-order valence-electron chi connectivity index (χ4n) is 2.01. The molecule has 1 aromatic heterocycles. The average Bonchev–Trinajstić information content (AvgIpc) is 2.83. The normalized spacial score (nSPS) is 13.8. The highest BCUT2D eigenvalue weighted by Gasteiger charge is 2.14. The summed E-state index contributed by atoms with van der Waals surface area (Å²) >= 11 is 1.85. The van der Waals surface area contributed by atoms with Gasteiger partial charge < -0.3 is 11.1 Å². The summed E-state index contributed by atoms with van der Waals surface area (Å²) in [6.45, 7) is 1.27. The van der Waals surface area contributed by atoms with E-state index in [1.807, 2.05) is 11.3 Å². The van der Waals surface area contributed by atoms with Gasteiger partial charge in [-0.3, -0.25) is 4.79 Å². The molecule has 0 saturated heterocycles. The lowest BCUT2D eigenvalue weighted by Crippen LogP contribution is -2.22. The topological polar surface area (TPSA) is 55.1 Å². The number of hydrogen-bond acceptors (Lipinski definition) is 3. The van der Waals surface area contributed by atoms with E-state index in [4.69, 9.17) is 5.73 Å². The monoisotopic (exact) mass is 238 g/mol. The highest BCUT2D eigenvalue weighted by Crippen LogP contribution is 2.30. The van der Waals surface area contributed by atoms with Gasteiger partial charge in [-0.05, 0) is 43.9 Å². The number of nitrogens with one attached hydrogen (secondary N) is 1. The standard InChI is InChI=1S/C12H18N2OS/c13-6-2-5-12(15)14-8-10-7-9-3-1-4-11(9)16-10/h7H,1-6,8,13H2,(H,14,15). The molecule has 0 bridgehead atoms. The Morgan fingerprint density at radius 2 is 2.38 bits per heavy atom. The highest BCUT2D eigenvalue weighted by atomic mass is 32.1. The number of thiophene rings is 1. The molecule has 0 saturated carbocycles. The molecule has 4 heteroatoms. The molecule has 1 aromatic rings. The number of nitrogens with two attached hydrogens (primary N) is 1. The zero-order valence-corrected chi connectivity index (χ0v) is 10.2. The maximum Gasteiger partial charge on any atom is 0.220 e. The predicted molar refractivity (Wildman–Crippen MR) is 66.5 cm³/mol. The average molecular weight is 238 g/mol. The number of amides is 1. The van der Waals surface area contributed by atoms with Crippen molar-refractivity contribution in [1.82, 2.24) is 5.32 Å². The van der Waals surface area contributed by atoms with Gasteiger partial charge in [0.1, 0.15) is 0 Å². The summed E-state index contributed by atoms with van der Waals surface area (Å²) in [5, 5.41) is 2.94. The highest BCUT2D eigenvalue weighted by molar-refractivity contribution is 7.12. The Hall–Kier alpha value is -0.870. The minimum Gasteiger partial charge on any atom is -0.351 e. The van der Waals surface area contributed by atoms with Gasteiger partial charge in [0.05, 0.1) is 6.54 Å². The molecule has 88 valence electrons. The molecule has 1 aliphatic rings. The van der Waals surface area contributed by atoms with Crippen LogP contribution in [0.5, 0.6) is 0 Å². The quantitative estimate of drug-likeness (QED) is 0.818. The first-order chi connectivity index (χ1) is 7.79. The number of aryl methyl sites for hydroxylation is 2. The Kier molecular flexibility index (Phi) is 3.96. The second kappa shape index (κ2) is 5.46. The van der Waals surface area contributed by atoms with E-state index < -0.39 is 0 Å². The maximum absolute atomic E-state index is 11.4. The first-order valence-corrected chi connectivity index (χ1v) is 6.68. The number of carbonyl (C=O) groups is 1. The zero-order chi connectivity index (χ0) is 11.4. The van der Waals surface area contributed by atoms with E-state index >= 15 is 0 Å². The fourth-order valence-corrected chi connectivity index (χ4v) is 3.21. The van der Waals surface area contributed by atoms with Crippen LogP contribution < -0.4 is 11.1 Å². The number of fused-ring (bicyclic) bond motifs is 1. The van der Waals surface area contributed by atoms with E-state index in [9.17, 15) is 4.79 Å². The van der Waals surface area contributed by atoms with Gasteiger partial charge >= 0.3 is 0 Å². The van der Waals surface area contributed by atoms with Crippen molar-refractivity contribution in [2.45, 2.75) is 38.6 Å². The van der Waals surface area contributed by atoms with Crippen LogP contribution in [0.4, 0.5) is 0 Å². The zero-order valence-electron chi connectivity index (χ0n) is 9.42. The van der Waals surface area contributed by atoms with Gasteiger partial charge in [0.2, 0.25) is 5.91 Å². The van der Waals surface area contributed by atoms with Gasteiger partial charge in [-0.2, -0.15) is 0 Å². The first kappa shape index (κ1) is 11.6. The van der Waals surface area contributed by atoms with Crippen LogP contribution in [0.25, 0.3) is 0 Å². The van der Waals surface area contributed by atoms with Crippen LogP contribution in [0.1, 0.15) is 34.6 Å². The number of carbonyl (C=O) groups excluding carboxylic acids is 1. The summed E-state index contributed by atoms with van der Waals surface area (Å²) in [6, 6.07) is 2.25. The van der Waals surface area contributed by atoms with Crippen molar-refractivity contribution in [3.63, 3.8) is 0 Å². The van der Waals surface area contributed by atoms with Gasteiger partial charge in [-0.1, -0.05) is 0 Å². The van der Waals surface area contributed by atoms with Crippen LogP contribution in [-0.2, 0) is 24.2 Å². The fraction of sp³-hybridized carbons (Fsp3) is 0.583. The molecule has 0 aliphatic heterocycles. The molecule has 1 heterocycles. The van der Waals surface area contributed by atoms with Crippen molar-refractivity contribution in [2.24, 2.45) is 5.73 Å². The molecule has 1 aliphatic carbocycles. The van der Waals surface area contributed by atoms with Gasteiger partial charge in [0.25, 0.3) is 0 Å². The minimum absolute atomic E-state index is 0.110. The summed E-state index contributed by atoms with van der Waals surface area (Å²) in [5.41, 5.74) is 6.85. The van der Waals surface area contributed by atoms with E-state index in [0.717, 1.165) is 6.42 Å². The molecule has 0 spiro atoms. The predicted octanol–water partition coefficient (Wildman–Crippen LogP) is 1.59. The van der Waals surface area contributed by atoms with E-state index in [-0.39, 0.29) is 5.91 Å². The molecular formula is C12H18N2OS. The van der Waals surface area contributed by atoms with Crippen molar-refractivity contribution in [3.05, 3.63) is 21.4 Å². The van der Waals surface area contributed by atoms with Crippen molar-refractivity contribution in [3.8, 4) is 0 Å². The molecule has 16 heavy (non-hydrogen) atoms. The molecule has 2 rings (SSSR count). The van der Waals surface area contributed by atoms with Crippen LogP contribution in [-0.4, -0.2) is 12.5 Å². The van der Waals surface area contributed by atoms with Gasteiger partial charge in [-0.15, -0.1) is 11.3 Å². The van der Waals surface area contributed by atoms with Crippen molar-refractivity contribution in [2.75, 3.05) is 6.54 Å². The lowest BCUT2D eigenvalue weighted by molar-refractivity contribution is -0.121. The third kappa shape index (κ3) is 2.83. The van der Waals surface area contributed by atoms with Crippen LogP contribution in [0, 0.1) is 0 Å². The van der Waals surface area contributed by atoms with Gasteiger partial charge in [-0.25, -0.2) is 0 Å². The third-order valence-electron chi connectivity index (χ3n) is 2.87. The minimum atomic E-state index is 0.110. The van der Waals surface area contributed by atoms with Crippen molar-refractivity contribution >= 4 is 17.2 Å². The molecule has 0 atom stereocenters. The Balaban J connectivity index is 1.79. The Morgan fingerprint density at radius 1 is 1.50 bits per heavy atom. The lowest BCUT2D eigenvalue weighted by atomic mass is 10.2. The van der Waals surface area contributed by atoms with Gasteiger partial charge in [0.15, 0.2) is 0 Å². The molecule has 1 amide bonds. The molecule has 0 unspecified atom stereocenters. The Bertz CT molecular complexity index is 352. The first-order valence-electron chi connectivity index (χ1n) is 5.87. The summed E-state index contributed by atoms with van der Waals surface area (Å²) in [5.74, 6) is 0.110. The molecular weight excluding hydrogens is 220 g/mol. The van der Waals surface area contributed by atoms with Crippen LogP contribution in [0.2, 0.25) is 0 Å². The molecule has 3 N–H and O–H groups in total. The van der Waals surface area contributed by atoms with Crippen LogP contribution in [0.3, 0.4) is 0 Å². The van der Waals surface area contributed by atoms with E-state index in [1.165, 1.54) is 34.6 Å². The van der Waals surface area contributed by atoms with Crippen LogP contribution >= 0.6 is 11.3 Å². The Labute approximate surface area is 100 Å². The number of rotatable bonds is 5. The summed E-state index contributed by atoms with van der Waals surface area (Å²) in [6.07, 6.45) is 5.05. The summed E-state index contributed by atoms with van der Waals surface area (Å²) < 4.78 is 0. The maximum atomic E-state index is 11.4. The van der Waals surface area contributed by atoms with E-state index in [2.05, 4.69) is 11.4 Å². The SMILES string of the molecule is NCCCC(=O)NCc1cc2c(s1)CCC2. The van der Waals surface area contributed by atoms with Crippen molar-refractivity contribution in [1.29, 1.82) is 0 Å². The van der Waals surface area contributed by atoms with E-state index in [1.54, 1.807) is 0 Å². The summed E-state index contributed by atoms with van der Waals surface area (Å²) in [7, 11) is 0. The smallest absolute Gasteiger partial charge is 0.220 e. The molecule has 3 nitrogen and oxygen atoms in total. The van der Waals surface area contributed by atoms with E-state index in [0.29, 0.717) is 19.5 Å². The Morgan fingerprint density at radius 3 is 3.12 bits per heavy atom. The molecule has 0 radical (unpaired) electrons. The second-order valence-corrected chi connectivity index (χ2v) is 5.40. The van der Waals surface area contributed by atoms with Crippen molar-refractivity contribution < 1.29 is 4.79 Å².